The van der Waals surface area contributed by atoms with E-state index in [1.807, 2.05) is 0 Å². The number of hydrogen-bond acceptors (Lipinski definition) is 6. The minimum Gasteiger partial charge on any atom is -0.338 e. The molecule has 4 heterocycles. The van der Waals surface area contributed by atoms with Crippen molar-refractivity contribution in [3.8, 4) is 0 Å². The van der Waals surface area contributed by atoms with Crippen molar-refractivity contribution < 1.29 is 18.0 Å². The molecule has 0 saturated heterocycles. The molecular weight excluding hydrogens is 399 g/mol. The standard InChI is InChI=1S/C19H16F3N7O/c1-12(30)25-17-10-13(7-8-23-17)27-19(24-11-14-4-3-9-29(14)28-19)16-6-2-5-15(26-16)18(20,21)22/h2-11,28H,1H3,(H2,23,25,27,30). The first-order chi connectivity index (χ1) is 14.2. The molecule has 0 radical (unpaired) electrons. The van der Waals surface area contributed by atoms with Crippen molar-refractivity contribution in [1.29, 1.82) is 0 Å². The van der Waals surface area contributed by atoms with Gasteiger partial charge in [0.1, 0.15) is 17.2 Å². The molecule has 8 nitrogen and oxygen atoms in total. The Kier molecular flexibility index (Phi) is 4.65. The van der Waals surface area contributed by atoms with Crippen molar-refractivity contribution >= 4 is 23.6 Å². The van der Waals surface area contributed by atoms with E-state index in [1.54, 1.807) is 35.1 Å². The lowest BCUT2D eigenvalue weighted by molar-refractivity contribution is -0.141. The van der Waals surface area contributed by atoms with Crippen molar-refractivity contribution in [2.24, 2.45) is 4.99 Å². The minimum atomic E-state index is -4.61. The molecule has 30 heavy (non-hydrogen) atoms. The van der Waals surface area contributed by atoms with Crippen LogP contribution in [0.15, 0.2) is 59.9 Å². The zero-order valence-corrected chi connectivity index (χ0v) is 15.6. The molecule has 1 unspecified atom stereocenters. The molecule has 0 spiro atoms. The van der Waals surface area contributed by atoms with Gasteiger partial charge in [-0.3, -0.25) is 14.9 Å². The first kappa shape index (κ1) is 19.4. The Morgan fingerprint density at radius 3 is 2.80 bits per heavy atom. The Hall–Kier alpha value is -3.89. The van der Waals surface area contributed by atoms with Crippen LogP contribution in [0.2, 0.25) is 0 Å². The Balaban J connectivity index is 1.78. The van der Waals surface area contributed by atoms with Crippen LogP contribution in [0.4, 0.5) is 24.7 Å². The fourth-order valence-electron chi connectivity index (χ4n) is 2.97. The van der Waals surface area contributed by atoms with Gasteiger partial charge in [0.25, 0.3) is 5.79 Å². The molecule has 11 heteroatoms. The summed E-state index contributed by atoms with van der Waals surface area (Å²) in [6.07, 6.45) is 0.0825. The van der Waals surface area contributed by atoms with Crippen molar-refractivity contribution in [1.82, 2.24) is 14.6 Å². The van der Waals surface area contributed by atoms with Gasteiger partial charge < -0.3 is 10.6 Å². The number of nitrogens with zero attached hydrogens (tertiary/aromatic N) is 4. The summed E-state index contributed by atoms with van der Waals surface area (Å²) >= 11 is 0. The van der Waals surface area contributed by atoms with E-state index in [0.29, 0.717) is 11.4 Å². The molecule has 1 aliphatic heterocycles. The molecule has 154 valence electrons. The highest BCUT2D eigenvalue weighted by Gasteiger charge is 2.39. The number of amides is 1. The molecule has 0 fully saturated rings. The van der Waals surface area contributed by atoms with Crippen molar-refractivity contribution in [3.63, 3.8) is 0 Å². The van der Waals surface area contributed by atoms with Gasteiger partial charge in [-0.25, -0.2) is 15.0 Å². The van der Waals surface area contributed by atoms with Crippen molar-refractivity contribution in [2.45, 2.75) is 18.9 Å². The molecule has 0 bridgehead atoms. The summed E-state index contributed by atoms with van der Waals surface area (Å²) in [6, 6.07) is 10.3. The third-order valence-electron chi connectivity index (χ3n) is 4.25. The van der Waals surface area contributed by atoms with Crippen LogP contribution >= 0.6 is 0 Å². The van der Waals surface area contributed by atoms with Crippen LogP contribution in [0.25, 0.3) is 0 Å². The highest BCUT2D eigenvalue weighted by Crippen LogP contribution is 2.32. The van der Waals surface area contributed by atoms with Crippen LogP contribution in [-0.4, -0.2) is 26.8 Å². The predicted octanol–water partition coefficient (Wildman–Crippen LogP) is 3.15. The maximum Gasteiger partial charge on any atom is 0.433 e. The van der Waals surface area contributed by atoms with E-state index < -0.39 is 17.7 Å². The number of fused-ring (bicyclic) bond motifs is 1. The van der Waals surface area contributed by atoms with Crippen LogP contribution < -0.4 is 16.1 Å². The molecule has 1 aliphatic rings. The van der Waals surface area contributed by atoms with Crippen molar-refractivity contribution in [3.05, 3.63) is 71.9 Å². The fourth-order valence-corrected chi connectivity index (χ4v) is 2.97. The van der Waals surface area contributed by atoms with Crippen LogP contribution in [0.5, 0.6) is 0 Å². The van der Waals surface area contributed by atoms with E-state index in [2.05, 4.69) is 31.0 Å². The summed E-state index contributed by atoms with van der Waals surface area (Å²) in [4.78, 5) is 23.6. The quantitative estimate of drug-likeness (QED) is 0.608. The molecule has 4 rings (SSSR count). The summed E-state index contributed by atoms with van der Waals surface area (Å²) in [5, 5.41) is 5.64. The Morgan fingerprint density at radius 2 is 2.03 bits per heavy atom. The number of rotatable bonds is 4. The maximum absolute atomic E-state index is 13.3. The lowest BCUT2D eigenvalue weighted by Gasteiger charge is -2.36. The van der Waals surface area contributed by atoms with Crippen LogP contribution in [0.3, 0.4) is 0 Å². The van der Waals surface area contributed by atoms with E-state index in [-0.39, 0.29) is 17.4 Å². The second kappa shape index (κ2) is 7.17. The predicted molar refractivity (Wildman–Crippen MR) is 104 cm³/mol. The van der Waals surface area contributed by atoms with Gasteiger partial charge in [0.05, 0.1) is 11.9 Å². The normalized spacial score (nSPS) is 17.7. The SMILES string of the molecule is CC(=O)Nc1cc(NC2(c3cccc(C(F)(F)F)n3)N=Cc3cccn3N2)ccn1. The third-order valence-corrected chi connectivity index (χ3v) is 4.25. The number of aliphatic imine (C=N–C) groups is 1. The van der Waals surface area contributed by atoms with Crippen LogP contribution in [-0.2, 0) is 16.8 Å². The summed E-state index contributed by atoms with van der Waals surface area (Å²) < 4.78 is 41.4. The molecule has 3 N–H and O–H groups in total. The van der Waals surface area contributed by atoms with E-state index in [0.717, 1.165) is 6.07 Å². The molecular formula is C19H16F3N7O. The topological polar surface area (TPSA) is 96.2 Å². The lowest BCUT2D eigenvalue weighted by atomic mass is 10.1. The number of carbonyl (C=O) groups is 1. The Bertz CT molecular complexity index is 1130. The van der Waals surface area contributed by atoms with Gasteiger partial charge in [0, 0.05) is 31.1 Å². The summed E-state index contributed by atoms with van der Waals surface area (Å²) in [7, 11) is 0. The molecule has 0 aliphatic carbocycles. The van der Waals surface area contributed by atoms with Gasteiger partial charge in [-0.2, -0.15) is 13.2 Å². The van der Waals surface area contributed by atoms with Gasteiger partial charge in [-0.05, 0) is 30.3 Å². The number of anilines is 2. The molecule has 3 aromatic rings. The molecule has 0 aromatic carbocycles. The summed E-state index contributed by atoms with van der Waals surface area (Å²) in [5.41, 5.74) is 3.20. The molecule has 1 amide bonds. The highest BCUT2D eigenvalue weighted by molar-refractivity contribution is 5.88. The lowest BCUT2D eigenvalue weighted by Crippen LogP contribution is -2.49. The number of alkyl halides is 3. The van der Waals surface area contributed by atoms with E-state index in [9.17, 15) is 18.0 Å². The fraction of sp³-hybridized carbons (Fsp3) is 0.158. The minimum absolute atomic E-state index is 0.00538. The number of halogens is 3. The second-order valence-corrected chi connectivity index (χ2v) is 6.53. The Labute approximate surface area is 168 Å². The largest absolute Gasteiger partial charge is 0.433 e. The van der Waals surface area contributed by atoms with E-state index in [1.165, 1.54) is 31.5 Å². The highest BCUT2D eigenvalue weighted by atomic mass is 19.4. The molecule has 3 aromatic heterocycles. The van der Waals surface area contributed by atoms with Gasteiger partial charge >= 0.3 is 6.18 Å². The number of pyridine rings is 2. The van der Waals surface area contributed by atoms with Crippen LogP contribution in [0, 0.1) is 0 Å². The number of hydrogen-bond donors (Lipinski definition) is 3. The van der Waals surface area contributed by atoms with Gasteiger partial charge in [-0.1, -0.05) is 6.07 Å². The molecule has 0 saturated carbocycles. The first-order valence-electron chi connectivity index (χ1n) is 8.82. The third kappa shape index (κ3) is 3.81. The van der Waals surface area contributed by atoms with Gasteiger partial charge in [-0.15, -0.1) is 0 Å². The maximum atomic E-state index is 13.3. The average molecular weight is 415 g/mol. The van der Waals surface area contributed by atoms with E-state index >= 15 is 0 Å². The summed E-state index contributed by atoms with van der Waals surface area (Å²) in [6.45, 7) is 1.34. The van der Waals surface area contributed by atoms with Crippen LogP contribution in [0.1, 0.15) is 24.0 Å². The van der Waals surface area contributed by atoms with E-state index in [4.69, 9.17) is 0 Å². The average Bonchev–Trinajstić information content (AvgIpc) is 3.15. The van der Waals surface area contributed by atoms with Crippen molar-refractivity contribution in [2.75, 3.05) is 16.1 Å². The van der Waals surface area contributed by atoms with Gasteiger partial charge in [0.15, 0.2) is 0 Å². The first-order valence-corrected chi connectivity index (χ1v) is 8.82. The second-order valence-electron chi connectivity index (χ2n) is 6.53. The van der Waals surface area contributed by atoms with Gasteiger partial charge in [0.2, 0.25) is 5.91 Å². The Morgan fingerprint density at radius 1 is 1.20 bits per heavy atom. The smallest absolute Gasteiger partial charge is 0.338 e. The number of carbonyl (C=O) groups excluding carboxylic acids is 1. The number of nitrogens with one attached hydrogen (secondary N) is 3. The monoisotopic (exact) mass is 415 g/mol. The zero-order valence-electron chi connectivity index (χ0n) is 15.6. The zero-order chi connectivity index (χ0) is 21.4. The molecule has 1 atom stereocenters. The number of aromatic nitrogens is 3. The summed E-state index contributed by atoms with van der Waals surface area (Å²) in [5.74, 6) is -1.57.